The van der Waals surface area contributed by atoms with Gasteiger partial charge in [0.15, 0.2) is 0 Å². The van der Waals surface area contributed by atoms with Crippen LogP contribution in [0.15, 0.2) is 24.3 Å². The zero-order chi connectivity index (χ0) is 7.56. The third-order valence-electron chi connectivity index (χ3n) is 1.41. The molecule has 0 radical (unpaired) electrons. The van der Waals surface area contributed by atoms with Gasteiger partial charge in [-0.1, -0.05) is 0 Å². The molecule has 2 nitrogen and oxygen atoms in total. The van der Waals surface area contributed by atoms with E-state index in [1.807, 2.05) is 43.3 Å². The molecule has 2 N–H and O–H groups in total. The summed E-state index contributed by atoms with van der Waals surface area (Å²) in [5.41, 5.74) is 7.49. The molecule has 1 aromatic rings. The van der Waals surface area contributed by atoms with Gasteiger partial charge in [-0.2, -0.15) is 0 Å². The molecule has 0 fully saturated rings. The number of halogens is 1. The monoisotopic (exact) mass is 216 g/mol. The summed E-state index contributed by atoms with van der Waals surface area (Å²) in [4.78, 5) is 2.04. The molecule has 0 saturated carbocycles. The highest BCUT2D eigenvalue weighted by molar-refractivity contribution is 8.93. The van der Waals surface area contributed by atoms with Crippen LogP contribution in [0.5, 0.6) is 0 Å². The first-order valence-corrected chi connectivity index (χ1v) is 3.23. The molecule has 0 saturated heterocycles. The van der Waals surface area contributed by atoms with Gasteiger partial charge in [-0.05, 0) is 24.3 Å². The van der Waals surface area contributed by atoms with Gasteiger partial charge in [0, 0.05) is 25.5 Å². The average molecular weight is 217 g/mol. The van der Waals surface area contributed by atoms with E-state index in [2.05, 4.69) is 0 Å². The number of rotatable bonds is 1. The average Bonchev–Trinajstić information content (AvgIpc) is 1.88. The molecule has 0 aliphatic heterocycles. The van der Waals surface area contributed by atoms with Gasteiger partial charge < -0.3 is 10.6 Å². The van der Waals surface area contributed by atoms with Crippen molar-refractivity contribution in [3.8, 4) is 0 Å². The Labute approximate surface area is 77.8 Å². The lowest BCUT2D eigenvalue weighted by Crippen LogP contribution is -2.08. The van der Waals surface area contributed by atoms with Gasteiger partial charge in [0.05, 0.1) is 0 Å². The lowest BCUT2D eigenvalue weighted by molar-refractivity contribution is 1.13. The van der Waals surface area contributed by atoms with E-state index < -0.39 is 0 Å². The number of nitrogens with two attached hydrogens (primary N) is 1. The van der Waals surface area contributed by atoms with Gasteiger partial charge in [-0.25, -0.2) is 0 Å². The SMILES string of the molecule is Br.CN(C)c1ccc(N)cc1. The predicted octanol–water partition coefficient (Wildman–Crippen LogP) is 1.91. The number of nitrogens with zero attached hydrogens (tertiary/aromatic N) is 1. The summed E-state index contributed by atoms with van der Waals surface area (Å²) in [7, 11) is 4.01. The summed E-state index contributed by atoms with van der Waals surface area (Å²) < 4.78 is 0. The van der Waals surface area contributed by atoms with Crippen molar-refractivity contribution >= 4 is 28.4 Å². The van der Waals surface area contributed by atoms with Crippen molar-refractivity contribution in [2.75, 3.05) is 24.7 Å². The third kappa shape index (κ3) is 2.80. The highest BCUT2D eigenvalue weighted by Gasteiger charge is 1.91. The minimum atomic E-state index is 0. The summed E-state index contributed by atoms with van der Waals surface area (Å²) >= 11 is 0. The van der Waals surface area contributed by atoms with Crippen molar-refractivity contribution in [1.82, 2.24) is 0 Å². The largest absolute Gasteiger partial charge is 0.399 e. The fourth-order valence-electron chi connectivity index (χ4n) is 0.772. The highest BCUT2D eigenvalue weighted by Crippen LogP contribution is 2.12. The first kappa shape index (κ1) is 10.3. The Morgan fingerprint density at radius 2 is 1.55 bits per heavy atom. The van der Waals surface area contributed by atoms with Crippen molar-refractivity contribution in [2.45, 2.75) is 0 Å². The van der Waals surface area contributed by atoms with Gasteiger partial charge in [0.1, 0.15) is 0 Å². The minimum Gasteiger partial charge on any atom is -0.399 e. The van der Waals surface area contributed by atoms with Crippen LogP contribution in [0, 0.1) is 0 Å². The molecule has 0 aromatic heterocycles. The molecule has 0 aliphatic carbocycles. The van der Waals surface area contributed by atoms with Gasteiger partial charge in [0.2, 0.25) is 0 Å². The molecular weight excluding hydrogens is 204 g/mol. The van der Waals surface area contributed by atoms with Crippen LogP contribution in [0.25, 0.3) is 0 Å². The van der Waals surface area contributed by atoms with E-state index in [-0.39, 0.29) is 17.0 Å². The maximum Gasteiger partial charge on any atom is 0.0362 e. The van der Waals surface area contributed by atoms with Crippen LogP contribution < -0.4 is 10.6 Å². The minimum absolute atomic E-state index is 0. The Balaban J connectivity index is 0.000001000. The Morgan fingerprint density at radius 3 is 1.91 bits per heavy atom. The quantitative estimate of drug-likeness (QED) is 0.728. The number of anilines is 2. The third-order valence-corrected chi connectivity index (χ3v) is 1.41. The molecule has 0 amide bonds. The normalized spacial score (nSPS) is 8.55. The number of hydrogen-bond donors (Lipinski definition) is 1. The zero-order valence-electron chi connectivity index (χ0n) is 6.74. The van der Waals surface area contributed by atoms with Crippen LogP contribution in [0.4, 0.5) is 11.4 Å². The van der Waals surface area contributed by atoms with Crippen molar-refractivity contribution in [3.05, 3.63) is 24.3 Å². The van der Waals surface area contributed by atoms with E-state index in [0.29, 0.717) is 0 Å². The molecule has 0 atom stereocenters. The molecule has 0 unspecified atom stereocenters. The maximum atomic E-state index is 5.51. The van der Waals surface area contributed by atoms with E-state index in [1.165, 1.54) is 5.69 Å². The summed E-state index contributed by atoms with van der Waals surface area (Å²) in [6, 6.07) is 7.79. The van der Waals surface area contributed by atoms with Crippen molar-refractivity contribution in [2.24, 2.45) is 0 Å². The summed E-state index contributed by atoms with van der Waals surface area (Å²) in [5.74, 6) is 0. The van der Waals surface area contributed by atoms with E-state index in [4.69, 9.17) is 5.73 Å². The van der Waals surface area contributed by atoms with Crippen LogP contribution in [0.1, 0.15) is 0 Å². The van der Waals surface area contributed by atoms with E-state index in [0.717, 1.165) is 5.69 Å². The van der Waals surface area contributed by atoms with Crippen LogP contribution in [0.3, 0.4) is 0 Å². The van der Waals surface area contributed by atoms with Crippen molar-refractivity contribution in [1.29, 1.82) is 0 Å². The second-order valence-corrected chi connectivity index (χ2v) is 2.49. The van der Waals surface area contributed by atoms with Crippen LogP contribution in [0.2, 0.25) is 0 Å². The molecular formula is C8H13BrN2. The molecule has 0 heterocycles. The smallest absolute Gasteiger partial charge is 0.0362 e. The fourth-order valence-corrected chi connectivity index (χ4v) is 0.772. The Morgan fingerprint density at radius 1 is 1.09 bits per heavy atom. The predicted molar refractivity (Wildman–Crippen MR) is 55.5 cm³/mol. The highest BCUT2D eigenvalue weighted by atomic mass is 79.9. The first-order valence-electron chi connectivity index (χ1n) is 3.23. The van der Waals surface area contributed by atoms with E-state index in [1.54, 1.807) is 0 Å². The molecule has 62 valence electrons. The van der Waals surface area contributed by atoms with Crippen molar-refractivity contribution < 1.29 is 0 Å². The second kappa shape index (κ2) is 4.23. The first-order chi connectivity index (χ1) is 4.70. The van der Waals surface area contributed by atoms with Gasteiger partial charge in [-0.15, -0.1) is 17.0 Å². The topological polar surface area (TPSA) is 29.3 Å². The Bertz CT molecular complexity index is 206. The van der Waals surface area contributed by atoms with Crippen LogP contribution in [-0.4, -0.2) is 14.1 Å². The van der Waals surface area contributed by atoms with Gasteiger partial charge in [-0.3, -0.25) is 0 Å². The fraction of sp³-hybridized carbons (Fsp3) is 0.250. The maximum absolute atomic E-state index is 5.51. The molecule has 0 spiro atoms. The van der Waals surface area contributed by atoms with Gasteiger partial charge in [0.25, 0.3) is 0 Å². The lowest BCUT2D eigenvalue weighted by Gasteiger charge is -2.11. The molecule has 3 heteroatoms. The zero-order valence-corrected chi connectivity index (χ0v) is 8.46. The van der Waals surface area contributed by atoms with E-state index >= 15 is 0 Å². The van der Waals surface area contributed by atoms with Crippen molar-refractivity contribution in [3.63, 3.8) is 0 Å². The molecule has 0 aliphatic rings. The summed E-state index contributed by atoms with van der Waals surface area (Å²) in [6.07, 6.45) is 0. The summed E-state index contributed by atoms with van der Waals surface area (Å²) in [5, 5.41) is 0. The van der Waals surface area contributed by atoms with Gasteiger partial charge >= 0.3 is 0 Å². The molecule has 11 heavy (non-hydrogen) atoms. The second-order valence-electron chi connectivity index (χ2n) is 2.49. The molecule has 1 rings (SSSR count). The molecule has 0 bridgehead atoms. The van der Waals surface area contributed by atoms with Crippen LogP contribution in [-0.2, 0) is 0 Å². The van der Waals surface area contributed by atoms with Crippen LogP contribution >= 0.6 is 17.0 Å². The number of hydrogen-bond acceptors (Lipinski definition) is 2. The Kier molecular flexibility index (Phi) is 3.97. The lowest BCUT2D eigenvalue weighted by atomic mass is 10.3. The number of benzene rings is 1. The standard InChI is InChI=1S/C8H12N2.BrH/c1-10(2)8-5-3-7(9)4-6-8;/h3-6H,9H2,1-2H3;1H. The number of nitrogen functional groups attached to an aromatic ring is 1. The molecule has 1 aromatic carbocycles. The van der Waals surface area contributed by atoms with E-state index in [9.17, 15) is 0 Å². The Hall–Kier alpha value is -0.700. The summed E-state index contributed by atoms with van der Waals surface area (Å²) in [6.45, 7) is 0.